The molecule has 0 fully saturated rings. The molecule has 0 amide bonds. The number of ether oxygens (including phenoxy) is 1. The molecule has 0 aliphatic carbocycles. The monoisotopic (exact) mass is 462 g/mol. The zero-order chi connectivity index (χ0) is 24.2. The molecule has 0 atom stereocenters. The van der Waals surface area contributed by atoms with Crippen LogP contribution in [0.3, 0.4) is 0 Å². The molecular formula is C28H46O5. The van der Waals surface area contributed by atoms with Crippen molar-refractivity contribution in [1.82, 2.24) is 0 Å². The van der Waals surface area contributed by atoms with Gasteiger partial charge in [-0.25, -0.2) is 0 Å². The lowest BCUT2D eigenvalue weighted by Crippen LogP contribution is -2.01. The Morgan fingerprint density at radius 2 is 1.18 bits per heavy atom. The lowest BCUT2D eigenvalue weighted by atomic mass is 9.96. The Kier molecular flexibility index (Phi) is 17.1. The predicted molar refractivity (Wildman–Crippen MR) is 134 cm³/mol. The third kappa shape index (κ3) is 16.3. The standard InChI is InChI=1S/C28H46O5/c1-2-3-4-5-6-7-8-15-22-33-26-21-20-24(16-11-9-13-18-27(29)30)25(23-26)17-12-10-14-19-28(31)32/h20-21,23H,2-19,22H2,1H3,(H,29,30)(H,31,32). The van der Waals surface area contributed by atoms with E-state index >= 15 is 0 Å². The summed E-state index contributed by atoms with van der Waals surface area (Å²) in [7, 11) is 0. The quantitative estimate of drug-likeness (QED) is 0.173. The first-order valence-corrected chi connectivity index (χ1v) is 13.2. The molecule has 0 heterocycles. The minimum atomic E-state index is -0.728. The lowest BCUT2D eigenvalue weighted by molar-refractivity contribution is -0.138. The number of benzene rings is 1. The molecule has 0 saturated carbocycles. The molecule has 0 unspecified atom stereocenters. The fourth-order valence-electron chi connectivity index (χ4n) is 4.13. The highest BCUT2D eigenvalue weighted by molar-refractivity contribution is 5.66. The second kappa shape index (κ2) is 19.4. The minimum Gasteiger partial charge on any atom is -0.494 e. The molecular weight excluding hydrogens is 416 g/mol. The summed E-state index contributed by atoms with van der Waals surface area (Å²) in [5.74, 6) is -0.531. The summed E-state index contributed by atoms with van der Waals surface area (Å²) in [5, 5.41) is 17.6. The van der Waals surface area contributed by atoms with E-state index in [2.05, 4.69) is 25.1 Å². The number of aryl methyl sites for hydroxylation is 2. The topological polar surface area (TPSA) is 83.8 Å². The van der Waals surface area contributed by atoms with E-state index in [4.69, 9.17) is 14.9 Å². The van der Waals surface area contributed by atoms with Crippen LogP contribution in [0.2, 0.25) is 0 Å². The van der Waals surface area contributed by atoms with Gasteiger partial charge in [-0.1, -0.05) is 70.8 Å². The summed E-state index contributed by atoms with van der Waals surface area (Å²) in [6, 6.07) is 6.38. The van der Waals surface area contributed by atoms with Crippen LogP contribution >= 0.6 is 0 Å². The highest BCUT2D eigenvalue weighted by Crippen LogP contribution is 2.23. The Hall–Kier alpha value is -2.04. The molecule has 0 spiro atoms. The van der Waals surface area contributed by atoms with E-state index < -0.39 is 11.9 Å². The SMILES string of the molecule is CCCCCCCCCCOc1ccc(CCCCCC(=O)O)c(CCCCCC(=O)O)c1. The van der Waals surface area contributed by atoms with E-state index in [-0.39, 0.29) is 12.8 Å². The first-order valence-electron chi connectivity index (χ1n) is 13.2. The van der Waals surface area contributed by atoms with E-state index in [9.17, 15) is 9.59 Å². The van der Waals surface area contributed by atoms with Crippen molar-refractivity contribution < 1.29 is 24.5 Å². The molecule has 2 N–H and O–H groups in total. The van der Waals surface area contributed by atoms with E-state index in [1.165, 1.54) is 56.1 Å². The van der Waals surface area contributed by atoms with Crippen LogP contribution < -0.4 is 4.74 Å². The van der Waals surface area contributed by atoms with E-state index in [1.807, 2.05) is 0 Å². The van der Waals surface area contributed by atoms with Gasteiger partial charge in [0, 0.05) is 12.8 Å². The lowest BCUT2D eigenvalue weighted by Gasteiger charge is -2.13. The van der Waals surface area contributed by atoms with E-state index in [1.54, 1.807) is 0 Å². The van der Waals surface area contributed by atoms with Gasteiger partial charge in [0.15, 0.2) is 0 Å². The normalized spacial score (nSPS) is 10.9. The smallest absolute Gasteiger partial charge is 0.303 e. The summed E-state index contributed by atoms with van der Waals surface area (Å²) in [6.45, 7) is 3.00. The van der Waals surface area contributed by atoms with Crippen LogP contribution in [0.5, 0.6) is 5.75 Å². The molecule has 33 heavy (non-hydrogen) atoms. The summed E-state index contributed by atoms with van der Waals surface area (Å²) >= 11 is 0. The summed E-state index contributed by atoms with van der Waals surface area (Å²) in [4.78, 5) is 21.4. The molecule has 1 aromatic rings. The number of carboxylic acid groups (broad SMARTS) is 2. The summed E-state index contributed by atoms with van der Waals surface area (Å²) < 4.78 is 6.03. The van der Waals surface area contributed by atoms with Gasteiger partial charge < -0.3 is 14.9 Å². The second-order valence-electron chi connectivity index (χ2n) is 9.16. The fourth-order valence-corrected chi connectivity index (χ4v) is 4.13. The van der Waals surface area contributed by atoms with Gasteiger partial charge in [0.05, 0.1) is 6.61 Å². The van der Waals surface area contributed by atoms with Gasteiger partial charge in [-0.3, -0.25) is 9.59 Å². The number of carbonyl (C=O) groups is 2. The number of hydrogen-bond acceptors (Lipinski definition) is 3. The predicted octanol–water partition coefficient (Wildman–Crippen LogP) is 7.58. The molecule has 5 nitrogen and oxygen atoms in total. The van der Waals surface area contributed by atoms with Crippen LogP contribution in [0.1, 0.15) is 121 Å². The number of aliphatic carboxylic acids is 2. The van der Waals surface area contributed by atoms with Gasteiger partial charge in [0.25, 0.3) is 0 Å². The molecule has 5 heteroatoms. The van der Waals surface area contributed by atoms with Gasteiger partial charge in [-0.15, -0.1) is 0 Å². The Bertz CT molecular complexity index is 656. The van der Waals surface area contributed by atoms with Crippen LogP contribution in [0.25, 0.3) is 0 Å². The Morgan fingerprint density at radius 3 is 1.76 bits per heavy atom. The maximum Gasteiger partial charge on any atom is 0.303 e. The highest BCUT2D eigenvalue weighted by Gasteiger charge is 2.07. The van der Waals surface area contributed by atoms with Crippen LogP contribution in [-0.4, -0.2) is 28.8 Å². The molecule has 0 radical (unpaired) electrons. The summed E-state index contributed by atoms with van der Waals surface area (Å²) in [6.07, 6.45) is 17.8. The molecule has 0 aliphatic heterocycles. The summed E-state index contributed by atoms with van der Waals surface area (Å²) in [5.41, 5.74) is 2.60. The zero-order valence-corrected chi connectivity index (χ0v) is 20.8. The van der Waals surface area contributed by atoms with Gasteiger partial charge in [-0.05, 0) is 68.2 Å². The van der Waals surface area contributed by atoms with Crippen molar-refractivity contribution in [2.45, 2.75) is 122 Å². The number of unbranched alkanes of at least 4 members (excludes halogenated alkanes) is 11. The average Bonchev–Trinajstić information content (AvgIpc) is 2.78. The van der Waals surface area contributed by atoms with Crippen molar-refractivity contribution >= 4 is 11.9 Å². The minimum absolute atomic E-state index is 0.234. The Balaban J connectivity index is 2.45. The fraction of sp³-hybridized carbons (Fsp3) is 0.714. The molecule has 1 aromatic carbocycles. The van der Waals surface area contributed by atoms with Crippen molar-refractivity contribution in [3.05, 3.63) is 29.3 Å². The van der Waals surface area contributed by atoms with Crippen molar-refractivity contribution in [3.8, 4) is 5.75 Å². The Morgan fingerprint density at radius 1 is 0.667 bits per heavy atom. The zero-order valence-electron chi connectivity index (χ0n) is 20.8. The second-order valence-corrected chi connectivity index (χ2v) is 9.16. The molecule has 0 aliphatic rings. The van der Waals surface area contributed by atoms with Gasteiger partial charge in [0.1, 0.15) is 5.75 Å². The van der Waals surface area contributed by atoms with Crippen molar-refractivity contribution in [3.63, 3.8) is 0 Å². The largest absolute Gasteiger partial charge is 0.494 e. The first kappa shape index (κ1) is 29.0. The van der Waals surface area contributed by atoms with Gasteiger partial charge in [-0.2, -0.15) is 0 Å². The average molecular weight is 463 g/mol. The van der Waals surface area contributed by atoms with Crippen LogP contribution in [-0.2, 0) is 22.4 Å². The van der Waals surface area contributed by atoms with Gasteiger partial charge >= 0.3 is 11.9 Å². The molecule has 0 saturated heterocycles. The Labute approximate surface area is 200 Å². The van der Waals surface area contributed by atoms with E-state index in [0.717, 1.165) is 63.7 Å². The highest BCUT2D eigenvalue weighted by atomic mass is 16.5. The number of carboxylic acids is 2. The maximum absolute atomic E-state index is 10.7. The van der Waals surface area contributed by atoms with Crippen LogP contribution in [0.4, 0.5) is 0 Å². The van der Waals surface area contributed by atoms with E-state index in [0.29, 0.717) is 6.42 Å². The van der Waals surface area contributed by atoms with Crippen molar-refractivity contribution in [1.29, 1.82) is 0 Å². The third-order valence-corrected chi connectivity index (χ3v) is 6.12. The third-order valence-electron chi connectivity index (χ3n) is 6.12. The molecule has 188 valence electrons. The van der Waals surface area contributed by atoms with Crippen LogP contribution in [0.15, 0.2) is 18.2 Å². The van der Waals surface area contributed by atoms with Gasteiger partial charge in [0.2, 0.25) is 0 Å². The first-order chi connectivity index (χ1) is 16.0. The maximum atomic E-state index is 10.7. The number of rotatable bonds is 22. The molecule has 0 aromatic heterocycles. The molecule has 0 bridgehead atoms. The van der Waals surface area contributed by atoms with Crippen molar-refractivity contribution in [2.24, 2.45) is 0 Å². The van der Waals surface area contributed by atoms with Crippen molar-refractivity contribution in [2.75, 3.05) is 6.61 Å². The van der Waals surface area contributed by atoms with Crippen LogP contribution in [0, 0.1) is 0 Å². The number of hydrogen-bond donors (Lipinski definition) is 2. The molecule has 1 rings (SSSR count).